The van der Waals surface area contributed by atoms with E-state index >= 15 is 0 Å². The van der Waals surface area contributed by atoms with Crippen LogP contribution < -0.4 is 4.90 Å². The molecule has 8 nitrogen and oxygen atoms in total. The van der Waals surface area contributed by atoms with E-state index in [2.05, 4.69) is 0 Å². The van der Waals surface area contributed by atoms with Crippen molar-refractivity contribution in [1.82, 2.24) is 4.90 Å². The zero-order chi connectivity index (χ0) is 32.7. The summed E-state index contributed by atoms with van der Waals surface area (Å²) in [6.45, 7) is 0.0886. The zero-order valence-corrected chi connectivity index (χ0v) is 25.5. The molecule has 236 valence electrons. The number of amides is 4. The minimum absolute atomic E-state index is 0.0313. The molecule has 3 aromatic rings. The van der Waals surface area contributed by atoms with Crippen molar-refractivity contribution in [3.05, 3.63) is 101 Å². The molecule has 3 fully saturated rings. The summed E-state index contributed by atoms with van der Waals surface area (Å²) in [7, 11) is 0. The second kappa shape index (κ2) is 10.6. The third-order valence-corrected chi connectivity index (χ3v) is 11.3. The first kappa shape index (κ1) is 30.4. The summed E-state index contributed by atoms with van der Waals surface area (Å²) in [4.78, 5) is 53.8. The Hall–Kier alpha value is -4.28. The van der Waals surface area contributed by atoms with Gasteiger partial charge in [0.05, 0.1) is 17.5 Å². The SMILES string of the molecule is O=C1C2CC=C3C(CC4(Cl)C(=O)N(c5ccc(F)cc5)C(=O)C4(Cl)C3c3ccc(O)c(F)c3)C2C(=O)N1CCc1ccc(O)cc1. The van der Waals surface area contributed by atoms with Crippen molar-refractivity contribution in [1.29, 1.82) is 0 Å². The van der Waals surface area contributed by atoms with Gasteiger partial charge in [-0.25, -0.2) is 13.7 Å². The molecule has 6 atom stereocenters. The molecule has 12 heteroatoms. The molecule has 1 saturated carbocycles. The Morgan fingerprint density at radius 1 is 0.848 bits per heavy atom. The average Bonchev–Trinajstić information content (AvgIpc) is 3.36. The van der Waals surface area contributed by atoms with Gasteiger partial charge in [0.2, 0.25) is 11.8 Å². The minimum atomic E-state index is -2.21. The smallest absolute Gasteiger partial charge is 0.258 e. The number of anilines is 1. The monoisotopic (exact) mass is 666 g/mol. The van der Waals surface area contributed by atoms with E-state index in [-0.39, 0.29) is 42.3 Å². The zero-order valence-electron chi connectivity index (χ0n) is 24.0. The fraction of sp³-hybridized carbons (Fsp3) is 0.294. The molecule has 2 aliphatic carbocycles. The van der Waals surface area contributed by atoms with Crippen LogP contribution in [0.25, 0.3) is 0 Å². The van der Waals surface area contributed by atoms with E-state index in [1.165, 1.54) is 35.2 Å². The van der Waals surface area contributed by atoms with E-state index in [9.17, 15) is 38.2 Å². The molecule has 0 bridgehead atoms. The van der Waals surface area contributed by atoms with Crippen LogP contribution in [0.5, 0.6) is 11.5 Å². The fourth-order valence-corrected chi connectivity index (χ4v) is 8.60. The maximum atomic E-state index is 14.8. The van der Waals surface area contributed by atoms with E-state index < -0.39 is 68.5 Å². The van der Waals surface area contributed by atoms with Crippen molar-refractivity contribution in [2.75, 3.05) is 11.4 Å². The largest absolute Gasteiger partial charge is 0.508 e. The van der Waals surface area contributed by atoms with E-state index in [1.807, 2.05) is 0 Å². The van der Waals surface area contributed by atoms with Crippen molar-refractivity contribution in [2.45, 2.75) is 34.9 Å². The minimum Gasteiger partial charge on any atom is -0.508 e. The Kier molecular flexibility index (Phi) is 7.02. The van der Waals surface area contributed by atoms with Crippen LogP contribution in [0.15, 0.2) is 78.4 Å². The van der Waals surface area contributed by atoms with Crippen molar-refractivity contribution in [3.8, 4) is 11.5 Å². The standard InChI is InChI=1S/C34H26Cl2F2N2O6/c35-33-16-24-22(10-11-23-27(24)30(44)39(29(23)43)14-13-17-1-8-21(41)9-2-17)28(18-3-12-26(42)25(38)15-18)34(33,36)32(46)40(31(33)45)20-6-4-19(37)5-7-20/h1-10,12,15,23-24,27-28,41-42H,11,13-14,16H2. The predicted molar refractivity (Wildman–Crippen MR) is 163 cm³/mol. The molecule has 6 unspecified atom stereocenters. The third kappa shape index (κ3) is 4.23. The van der Waals surface area contributed by atoms with Crippen LogP contribution >= 0.6 is 23.2 Å². The van der Waals surface area contributed by atoms with Gasteiger partial charge in [0.1, 0.15) is 11.6 Å². The Morgan fingerprint density at radius 2 is 1.54 bits per heavy atom. The maximum Gasteiger partial charge on any atom is 0.258 e. The molecule has 0 aromatic heterocycles. The summed E-state index contributed by atoms with van der Waals surface area (Å²) >= 11 is 14.5. The highest BCUT2D eigenvalue weighted by atomic mass is 35.5. The molecule has 3 aromatic carbocycles. The summed E-state index contributed by atoms with van der Waals surface area (Å²) in [6.07, 6.45) is 1.95. The second-order valence-corrected chi connectivity index (χ2v) is 13.4. The highest BCUT2D eigenvalue weighted by Gasteiger charge is 2.76. The fourth-order valence-electron chi connectivity index (χ4n) is 7.66. The number of allylic oxidation sites excluding steroid dienone is 2. The number of phenolic OH excluding ortho intramolecular Hbond substituents is 2. The lowest BCUT2D eigenvalue weighted by Crippen LogP contribution is -2.60. The molecule has 2 heterocycles. The van der Waals surface area contributed by atoms with Gasteiger partial charge >= 0.3 is 0 Å². The van der Waals surface area contributed by atoms with Gasteiger partial charge in [0.15, 0.2) is 21.3 Å². The summed E-state index contributed by atoms with van der Waals surface area (Å²) in [5.41, 5.74) is 1.46. The maximum absolute atomic E-state index is 14.8. The first-order valence-corrected chi connectivity index (χ1v) is 15.5. The third-order valence-electron chi connectivity index (χ3n) is 9.85. The molecular formula is C34H26Cl2F2N2O6. The average molecular weight is 667 g/mol. The van der Waals surface area contributed by atoms with Gasteiger partial charge in [0.25, 0.3) is 11.8 Å². The number of alkyl halides is 2. The van der Waals surface area contributed by atoms with Gasteiger partial charge in [-0.1, -0.05) is 29.8 Å². The molecule has 2 N–H and O–H groups in total. The van der Waals surface area contributed by atoms with E-state index in [0.29, 0.717) is 12.0 Å². The summed E-state index contributed by atoms with van der Waals surface area (Å²) in [5, 5.41) is 19.5. The number of benzene rings is 3. The van der Waals surface area contributed by atoms with Crippen LogP contribution in [0.1, 0.15) is 29.9 Å². The summed E-state index contributed by atoms with van der Waals surface area (Å²) in [5.74, 6) is -8.45. The van der Waals surface area contributed by atoms with Crippen LogP contribution in [0, 0.1) is 29.4 Å². The van der Waals surface area contributed by atoms with E-state index in [0.717, 1.165) is 34.7 Å². The summed E-state index contributed by atoms with van der Waals surface area (Å²) < 4.78 is 28.6. The van der Waals surface area contributed by atoms with Crippen LogP contribution in [0.3, 0.4) is 0 Å². The Balaban J connectivity index is 1.32. The number of hydrogen-bond acceptors (Lipinski definition) is 6. The number of carbonyl (C=O) groups excluding carboxylic acids is 4. The number of hydrogen-bond donors (Lipinski definition) is 2. The van der Waals surface area contributed by atoms with Crippen molar-refractivity contribution in [2.24, 2.45) is 17.8 Å². The summed E-state index contributed by atoms with van der Waals surface area (Å²) in [6, 6.07) is 14.6. The Morgan fingerprint density at radius 3 is 2.22 bits per heavy atom. The molecular weight excluding hydrogens is 641 g/mol. The predicted octanol–water partition coefficient (Wildman–Crippen LogP) is 5.18. The van der Waals surface area contributed by atoms with Crippen molar-refractivity contribution >= 4 is 52.5 Å². The molecule has 46 heavy (non-hydrogen) atoms. The first-order chi connectivity index (χ1) is 21.9. The Labute approximate surface area is 271 Å². The van der Waals surface area contributed by atoms with Gasteiger partial charge in [0, 0.05) is 12.5 Å². The molecule has 0 spiro atoms. The van der Waals surface area contributed by atoms with E-state index in [4.69, 9.17) is 23.2 Å². The van der Waals surface area contributed by atoms with Gasteiger partial charge in [-0.3, -0.25) is 24.1 Å². The van der Waals surface area contributed by atoms with Crippen LogP contribution in [-0.2, 0) is 25.6 Å². The number of nitrogens with zero attached hydrogens (tertiary/aromatic N) is 2. The second-order valence-electron chi connectivity index (χ2n) is 12.2. The number of halogens is 4. The Bertz CT molecular complexity index is 1850. The van der Waals surface area contributed by atoms with Crippen molar-refractivity contribution < 1.29 is 38.2 Å². The number of fused-ring (bicyclic) bond motifs is 4. The molecule has 0 radical (unpaired) electrons. The number of phenols is 2. The molecule has 2 aliphatic heterocycles. The van der Waals surface area contributed by atoms with E-state index in [1.54, 1.807) is 18.2 Å². The first-order valence-electron chi connectivity index (χ1n) is 14.7. The molecule has 4 aliphatic rings. The van der Waals surface area contributed by atoms with Gasteiger partial charge in [-0.2, -0.15) is 0 Å². The molecule has 4 amide bonds. The van der Waals surface area contributed by atoms with Crippen LogP contribution in [0.4, 0.5) is 14.5 Å². The van der Waals surface area contributed by atoms with Gasteiger partial charge in [-0.05, 0) is 84.8 Å². The quantitative estimate of drug-likeness (QED) is 0.220. The lowest BCUT2D eigenvalue weighted by molar-refractivity contribution is -0.140. The molecule has 7 rings (SSSR count). The highest BCUT2D eigenvalue weighted by molar-refractivity contribution is 6.58. The number of rotatable bonds is 5. The van der Waals surface area contributed by atoms with Gasteiger partial charge in [-0.15, -0.1) is 23.2 Å². The number of imide groups is 2. The van der Waals surface area contributed by atoms with Crippen molar-refractivity contribution in [3.63, 3.8) is 0 Å². The number of carbonyl (C=O) groups is 4. The van der Waals surface area contributed by atoms with Gasteiger partial charge < -0.3 is 10.2 Å². The molecule has 2 saturated heterocycles. The number of likely N-dealkylation sites (tertiary alicyclic amines) is 1. The lowest BCUT2D eigenvalue weighted by Gasteiger charge is -2.50. The highest BCUT2D eigenvalue weighted by Crippen LogP contribution is 2.65. The lowest BCUT2D eigenvalue weighted by atomic mass is 9.56. The van der Waals surface area contributed by atoms with Crippen LogP contribution in [-0.4, -0.2) is 55.0 Å². The topological polar surface area (TPSA) is 115 Å². The number of aromatic hydroxyl groups is 2. The normalized spacial score (nSPS) is 30.3. The van der Waals surface area contributed by atoms with Crippen LogP contribution in [0.2, 0.25) is 0 Å².